The molecule has 0 aliphatic heterocycles. The third-order valence-corrected chi connectivity index (χ3v) is 6.53. The van der Waals surface area contributed by atoms with E-state index >= 15 is 0 Å². The topological polar surface area (TPSA) is 57.0 Å². The molecule has 5 nitrogen and oxygen atoms in total. The van der Waals surface area contributed by atoms with Crippen LogP contribution in [0.1, 0.15) is 48.0 Å². The lowest BCUT2D eigenvalue weighted by molar-refractivity contribution is -0.143. The summed E-state index contributed by atoms with van der Waals surface area (Å²) >= 11 is 0. The van der Waals surface area contributed by atoms with Crippen LogP contribution in [0, 0.1) is 13.8 Å². The minimum absolute atomic E-state index is 0.577. The van der Waals surface area contributed by atoms with E-state index in [2.05, 4.69) is 67.0 Å². The van der Waals surface area contributed by atoms with Gasteiger partial charge in [-0.2, -0.15) is 0 Å². The van der Waals surface area contributed by atoms with Gasteiger partial charge in [-0.1, -0.05) is 49.4 Å². The van der Waals surface area contributed by atoms with Gasteiger partial charge >= 0.3 is 0 Å². The maximum Gasteiger partial charge on any atom is 0.293 e. The lowest BCUT2D eigenvalue weighted by Gasteiger charge is -2.29. The molecule has 0 saturated carbocycles. The first-order valence-electron chi connectivity index (χ1n) is 11.2. The van der Waals surface area contributed by atoms with Gasteiger partial charge in [0.05, 0.1) is 6.54 Å². The number of fused-ring (bicyclic) bond motifs is 2. The van der Waals surface area contributed by atoms with Crippen molar-refractivity contribution in [2.75, 3.05) is 0 Å². The molecule has 0 N–H and O–H groups in total. The molecule has 4 aromatic rings. The maximum absolute atomic E-state index is 11.3. The number of nitrogens with zero attached hydrogens (tertiary/aromatic N) is 3. The molecule has 2 aromatic carbocycles. The van der Waals surface area contributed by atoms with E-state index in [1.165, 1.54) is 5.56 Å². The largest absolute Gasteiger partial charge is 0.456 e. The van der Waals surface area contributed by atoms with E-state index in [0.29, 0.717) is 25.9 Å². The van der Waals surface area contributed by atoms with Gasteiger partial charge in [0.25, 0.3) is 6.47 Å². The van der Waals surface area contributed by atoms with Crippen molar-refractivity contribution in [3.63, 3.8) is 0 Å². The van der Waals surface area contributed by atoms with Gasteiger partial charge in [-0.3, -0.25) is 4.79 Å². The Morgan fingerprint density at radius 1 is 1.09 bits per heavy atom. The molecule has 0 radical (unpaired) electrons. The summed E-state index contributed by atoms with van der Waals surface area (Å²) in [5.74, 6) is 1.05. The predicted octanol–water partition coefficient (Wildman–Crippen LogP) is 5.53. The summed E-state index contributed by atoms with van der Waals surface area (Å²) < 4.78 is 7.87. The molecule has 162 valence electrons. The number of aryl methyl sites for hydroxylation is 3. The van der Waals surface area contributed by atoms with Crippen molar-refractivity contribution < 1.29 is 9.53 Å². The van der Waals surface area contributed by atoms with Gasteiger partial charge in [0.15, 0.2) is 5.65 Å². The minimum atomic E-state index is -0.600. The molecule has 2 aromatic heterocycles. The fraction of sp³-hybridized carbons (Fsp3) is 0.296. The van der Waals surface area contributed by atoms with E-state index in [1.807, 2.05) is 13.0 Å². The third-order valence-electron chi connectivity index (χ3n) is 6.53. The lowest BCUT2D eigenvalue weighted by Crippen LogP contribution is -2.26. The number of aromatic nitrogens is 3. The van der Waals surface area contributed by atoms with Crippen LogP contribution in [0.25, 0.3) is 21.9 Å². The summed E-state index contributed by atoms with van der Waals surface area (Å²) in [5, 5.41) is 2.27. The van der Waals surface area contributed by atoms with Gasteiger partial charge in [-0.05, 0) is 47.9 Å². The molecule has 2 heterocycles. The zero-order valence-electron chi connectivity index (χ0n) is 18.8. The average Bonchev–Trinajstić information content (AvgIpc) is 3.39. The number of hydrogen-bond acceptors (Lipinski definition) is 4. The van der Waals surface area contributed by atoms with Gasteiger partial charge < -0.3 is 9.30 Å². The Balaban J connectivity index is 1.58. The third kappa shape index (κ3) is 3.29. The number of imidazole rings is 1. The first kappa shape index (κ1) is 20.4. The molecule has 0 saturated heterocycles. The molecular weight excluding hydrogens is 398 g/mol. The number of carbonyl (C=O) groups excluding carboxylic acids is 1. The average molecular weight is 426 g/mol. The lowest BCUT2D eigenvalue weighted by atomic mass is 9.87. The van der Waals surface area contributed by atoms with Crippen molar-refractivity contribution in [3.8, 4) is 0 Å². The smallest absolute Gasteiger partial charge is 0.293 e. The number of hydrogen-bond donors (Lipinski definition) is 0. The van der Waals surface area contributed by atoms with Crippen LogP contribution in [0.5, 0.6) is 0 Å². The van der Waals surface area contributed by atoms with Crippen LogP contribution >= 0.6 is 0 Å². The molecule has 0 unspecified atom stereocenters. The van der Waals surface area contributed by atoms with E-state index in [9.17, 15) is 4.79 Å². The zero-order valence-corrected chi connectivity index (χ0v) is 18.8. The molecule has 1 aliphatic carbocycles. The molecule has 0 spiro atoms. The SMILES string of the molecule is CCc1nc2c(C)cc(C)nc2n1Cc1ccc2c(C3(OC=O)CC=CC3)cccc2c1. The summed E-state index contributed by atoms with van der Waals surface area (Å²) in [6, 6.07) is 14.9. The second kappa shape index (κ2) is 7.90. The fourth-order valence-corrected chi connectivity index (χ4v) is 5.00. The van der Waals surface area contributed by atoms with Crippen molar-refractivity contribution in [1.29, 1.82) is 0 Å². The summed E-state index contributed by atoms with van der Waals surface area (Å²) in [6.45, 7) is 7.55. The van der Waals surface area contributed by atoms with Gasteiger partial charge in [0.2, 0.25) is 0 Å². The molecule has 0 amide bonds. The molecule has 0 bridgehead atoms. The highest BCUT2D eigenvalue weighted by Gasteiger charge is 2.36. The Morgan fingerprint density at radius 3 is 2.66 bits per heavy atom. The van der Waals surface area contributed by atoms with Crippen LogP contribution in [0.15, 0.2) is 54.6 Å². The number of ether oxygens (including phenoxy) is 1. The number of rotatable bonds is 6. The zero-order chi connectivity index (χ0) is 22.3. The van der Waals surface area contributed by atoms with E-state index in [1.54, 1.807) is 0 Å². The van der Waals surface area contributed by atoms with Crippen LogP contribution in [0.3, 0.4) is 0 Å². The highest BCUT2D eigenvalue weighted by molar-refractivity contribution is 5.87. The molecular formula is C27H27N3O2. The summed E-state index contributed by atoms with van der Waals surface area (Å²) in [6.07, 6.45) is 6.44. The van der Waals surface area contributed by atoms with E-state index in [-0.39, 0.29) is 0 Å². The quantitative estimate of drug-likeness (QED) is 0.301. The molecule has 32 heavy (non-hydrogen) atoms. The van der Waals surface area contributed by atoms with Gasteiger partial charge in [0.1, 0.15) is 16.9 Å². The first-order chi connectivity index (χ1) is 15.5. The molecule has 1 aliphatic rings. The second-order valence-electron chi connectivity index (χ2n) is 8.67. The van der Waals surface area contributed by atoms with Crippen molar-refractivity contribution in [2.24, 2.45) is 0 Å². The van der Waals surface area contributed by atoms with Crippen LogP contribution in [0.2, 0.25) is 0 Å². The Morgan fingerprint density at radius 2 is 1.91 bits per heavy atom. The number of benzene rings is 2. The Kier molecular flexibility index (Phi) is 5.04. The van der Waals surface area contributed by atoms with Crippen LogP contribution in [0.4, 0.5) is 0 Å². The van der Waals surface area contributed by atoms with Crippen molar-refractivity contribution in [2.45, 2.75) is 52.2 Å². The first-order valence-corrected chi connectivity index (χ1v) is 11.2. The number of carbonyl (C=O) groups is 1. The molecule has 0 fully saturated rings. The standard InChI is InChI=1S/C27H27N3O2/c1-4-24-29-25-18(2)14-19(3)28-26(25)30(24)16-20-10-11-22-21(15-20)8-7-9-23(22)27(32-17-31)12-5-6-13-27/h5-11,14-15,17H,4,12-13,16H2,1-3H3. The van der Waals surface area contributed by atoms with Crippen molar-refractivity contribution in [3.05, 3.63) is 82.8 Å². The minimum Gasteiger partial charge on any atom is -0.456 e. The van der Waals surface area contributed by atoms with Crippen molar-refractivity contribution in [1.82, 2.24) is 14.5 Å². The van der Waals surface area contributed by atoms with Gasteiger partial charge in [-0.15, -0.1) is 0 Å². The van der Waals surface area contributed by atoms with Crippen LogP contribution < -0.4 is 0 Å². The van der Waals surface area contributed by atoms with E-state index in [4.69, 9.17) is 14.7 Å². The van der Waals surface area contributed by atoms with Crippen molar-refractivity contribution >= 4 is 28.4 Å². The van der Waals surface area contributed by atoms with Crippen LogP contribution in [-0.4, -0.2) is 21.0 Å². The Bertz CT molecular complexity index is 1360. The van der Waals surface area contributed by atoms with Gasteiger partial charge in [-0.25, -0.2) is 9.97 Å². The highest BCUT2D eigenvalue weighted by Crippen LogP contribution is 2.41. The number of pyridine rings is 1. The summed E-state index contributed by atoms with van der Waals surface area (Å²) in [4.78, 5) is 20.9. The van der Waals surface area contributed by atoms with Gasteiger partial charge in [0, 0.05) is 30.5 Å². The predicted molar refractivity (Wildman–Crippen MR) is 127 cm³/mol. The fourth-order valence-electron chi connectivity index (χ4n) is 5.00. The maximum atomic E-state index is 11.3. The second-order valence-corrected chi connectivity index (χ2v) is 8.67. The summed E-state index contributed by atoms with van der Waals surface area (Å²) in [5.41, 5.74) is 5.76. The van der Waals surface area contributed by atoms with E-state index in [0.717, 1.165) is 51.0 Å². The van der Waals surface area contributed by atoms with E-state index < -0.39 is 5.60 Å². The Labute approximate surface area is 187 Å². The molecule has 5 heteroatoms. The normalized spacial score (nSPS) is 15.0. The van der Waals surface area contributed by atoms with Crippen LogP contribution in [-0.2, 0) is 28.1 Å². The molecule has 0 atom stereocenters. The monoisotopic (exact) mass is 425 g/mol. The Hall–Kier alpha value is -3.47. The summed E-state index contributed by atoms with van der Waals surface area (Å²) in [7, 11) is 0. The molecule has 5 rings (SSSR count). The highest BCUT2D eigenvalue weighted by atomic mass is 16.5.